The topological polar surface area (TPSA) is 67.4 Å². The molecular weight excluding hydrogens is 335 g/mol. The summed E-state index contributed by atoms with van der Waals surface area (Å²) in [6.07, 6.45) is 2.80. The van der Waals surface area contributed by atoms with Crippen LogP contribution in [0.4, 0.5) is 15.8 Å². The summed E-state index contributed by atoms with van der Waals surface area (Å²) < 4.78 is 18.8. The van der Waals surface area contributed by atoms with E-state index in [0.717, 1.165) is 5.69 Å². The molecule has 0 aliphatic heterocycles. The normalized spacial score (nSPS) is 10.3. The Hall–Kier alpha value is -3.48. The molecule has 1 aromatic heterocycles. The van der Waals surface area contributed by atoms with Gasteiger partial charge in [-0.15, -0.1) is 0 Å². The van der Waals surface area contributed by atoms with Crippen molar-refractivity contribution in [2.75, 3.05) is 24.3 Å². The van der Waals surface area contributed by atoms with Gasteiger partial charge in [0.15, 0.2) is 11.6 Å². The molecule has 3 rings (SSSR count). The molecule has 0 spiro atoms. The molecule has 7 heteroatoms. The van der Waals surface area contributed by atoms with E-state index in [1.165, 1.54) is 24.5 Å². The molecule has 0 aliphatic carbocycles. The van der Waals surface area contributed by atoms with Crippen LogP contribution in [0.1, 0.15) is 10.4 Å². The minimum Gasteiger partial charge on any atom is -0.421 e. The van der Waals surface area contributed by atoms with Crippen molar-refractivity contribution < 1.29 is 13.9 Å². The summed E-state index contributed by atoms with van der Waals surface area (Å²) in [6, 6.07) is 13.2. The van der Waals surface area contributed by atoms with Crippen LogP contribution < -0.4 is 15.0 Å². The number of rotatable bonds is 5. The quantitative estimate of drug-likeness (QED) is 0.758. The highest BCUT2D eigenvalue weighted by atomic mass is 19.1. The molecule has 26 heavy (non-hydrogen) atoms. The Bertz CT molecular complexity index is 896. The average molecular weight is 352 g/mol. The van der Waals surface area contributed by atoms with E-state index in [-0.39, 0.29) is 17.7 Å². The lowest BCUT2D eigenvalue weighted by Crippen LogP contribution is -2.13. The van der Waals surface area contributed by atoms with Crippen molar-refractivity contribution in [1.29, 1.82) is 0 Å². The molecule has 1 amide bonds. The second-order valence-electron chi connectivity index (χ2n) is 5.68. The maximum atomic E-state index is 13.6. The molecule has 0 bridgehead atoms. The number of amides is 1. The molecule has 0 saturated carbocycles. The molecule has 2 aromatic carbocycles. The fraction of sp³-hybridized carbons (Fsp3) is 0.105. The molecule has 6 nitrogen and oxygen atoms in total. The Morgan fingerprint density at radius 1 is 1.04 bits per heavy atom. The van der Waals surface area contributed by atoms with Gasteiger partial charge in [0.1, 0.15) is 0 Å². The number of carbonyl (C=O) groups is 1. The van der Waals surface area contributed by atoms with Crippen LogP contribution in [-0.4, -0.2) is 30.0 Å². The van der Waals surface area contributed by atoms with E-state index in [9.17, 15) is 9.18 Å². The van der Waals surface area contributed by atoms with Crippen molar-refractivity contribution in [2.24, 2.45) is 0 Å². The van der Waals surface area contributed by atoms with Gasteiger partial charge in [0.2, 0.25) is 0 Å². The zero-order valence-electron chi connectivity index (χ0n) is 14.3. The van der Waals surface area contributed by atoms with E-state index in [1.807, 2.05) is 31.1 Å². The molecule has 0 unspecified atom stereocenters. The smallest absolute Gasteiger partial charge is 0.322 e. The number of anilines is 2. The minimum atomic E-state index is -0.505. The first kappa shape index (κ1) is 17.3. The maximum Gasteiger partial charge on any atom is 0.322 e. The zero-order chi connectivity index (χ0) is 18.5. The zero-order valence-corrected chi connectivity index (χ0v) is 14.3. The van der Waals surface area contributed by atoms with Crippen LogP contribution in [0.5, 0.6) is 11.8 Å². The largest absolute Gasteiger partial charge is 0.421 e. The number of nitrogens with zero attached hydrogens (tertiary/aromatic N) is 3. The standard InChI is InChI=1S/C19H17FN4O2/c1-24(2)15-9-7-13(8-10-15)18(25)23-14-11-21-19(22-12-14)26-17-6-4-3-5-16(17)20/h3-12H,1-2H3,(H,23,25). The maximum absolute atomic E-state index is 13.6. The van der Waals surface area contributed by atoms with E-state index < -0.39 is 5.82 Å². The van der Waals surface area contributed by atoms with Crippen LogP contribution in [-0.2, 0) is 0 Å². The van der Waals surface area contributed by atoms with E-state index in [2.05, 4.69) is 15.3 Å². The van der Waals surface area contributed by atoms with Crippen molar-refractivity contribution in [3.8, 4) is 11.8 Å². The highest BCUT2D eigenvalue weighted by Gasteiger charge is 2.09. The Kier molecular flexibility index (Phi) is 5.07. The Balaban J connectivity index is 1.65. The molecule has 0 radical (unpaired) electrons. The predicted octanol–water partition coefficient (Wildman–Crippen LogP) is 3.73. The van der Waals surface area contributed by atoms with Crippen molar-refractivity contribution in [1.82, 2.24) is 9.97 Å². The van der Waals surface area contributed by atoms with Gasteiger partial charge in [0.25, 0.3) is 5.91 Å². The fourth-order valence-electron chi connectivity index (χ4n) is 2.17. The van der Waals surface area contributed by atoms with E-state index in [1.54, 1.807) is 24.3 Å². The third-order valence-corrected chi connectivity index (χ3v) is 3.57. The summed E-state index contributed by atoms with van der Waals surface area (Å²) in [5.74, 6) is -0.749. The first-order valence-corrected chi connectivity index (χ1v) is 7.86. The molecule has 0 saturated heterocycles. The molecule has 0 aliphatic rings. The van der Waals surface area contributed by atoms with Crippen LogP contribution in [0.3, 0.4) is 0 Å². The van der Waals surface area contributed by atoms with Crippen molar-refractivity contribution >= 4 is 17.3 Å². The Morgan fingerprint density at radius 3 is 2.31 bits per heavy atom. The van der Waals surface area contributed by atoms with Gasteiger partial charge in [-0.3, -0.25) is 4.79 Å². The van der Waals surface area contributed by atoms with E-state index >= 15 is 0 Å². The molecule has 0 atom stereocenters. The minimum absolute atomic E-state index is 0.0107. The number of aromatic nitrogens is 2. The van der Waals surface area contributed by atoms with Gasteiger partial charge < -0.3 is 15.0 Å². The number of hydrogen-bond donors (Lipinski definition) is 1. The molecule has 1 heterocycles. The predicted molar refractivity (Wildman–Crippen MR) is 97.2 cm³/mol. The van der Waals surface area contributed by atoms with Crippen molar-refractivity contribution in [3.63, 3.8) is 0 Å². The SMILES string of the molecule is CN(C)c1ccc(C(=O)Nc2cnc(Oc3ccccc3F)nc2)cc1. The van der Waals surface area contributed by atoms with Crippen LogP contribution in [0.2, 0.25) is 0 Å². The summed E-state index contributed by atoms with van der Waals surface area (Å²) >= 11 is 0. The van der Waals surface area contributed by atoms with E-state index in [0.29, 0.717) is 11.3 Å². The third-order valence-electron chi connectivity index (χ3n) is 3.57. The summed E-state index contributed by atoms with van der Waals surface area (Å²) in [7, 11) is 3.86. The average Bonchev–Trinajstić information content (AvgIpc) is 2.65. The molecule has 3 aromatic rings. The molecule has 132 valence electrons. The first-order valence-electron chi connectivity index (χ1n) is 7.86. The highest BCUT2D eigenvalue weighted by molar-refractivity contribution is 6.04. The number of hydrogen-bond acceptors (Lipinski definition) is 5. The number of carbonyl (C=O) groups excluding carboxylic acids is 1. The van der Waals surface area contributed by atoms with E-state index in [4.69, 9.17) is 4.74 Å². The lowest BCUT2D eigenvalue weighted by atomic mass is 10.2. The highest BCUT2D eigenvalue weighted by Crippen LogP contribution is 2.21. The Morgan fingerprint density at radius 2 is 1.69 bits per heavy atom. The van der Waals surface area contributed by atoms with Gasteiger partial charge in [-0.1, -0.05) is 12.1 Å². The third kappa shape index (κ3) is 4.13. The lowest BCUT2D eigenvalue weighted by Gasteiger charge is -2.12. The number of nitrogens with one attached hydrogen (secondary N) is 1. The van der Waals surface area contributed by atoms with Crippen LogP contribution in [0.15, 0.2) is 60.9 Å². The van der Waals surface area contributed by atoms with Crippen LogP contribution in [0, 0.1) is 5.82 Å². The summed E-state index contributed by atoms with van der Waals surface area (Å²) in [5.41, 5.74) is 1.93. The summed E-state index contributed by atoms with van der Waals surface area (Å²) in [4.78, 5) is 22.2. The van der Waals surface area contributed by atoms with Gasteiger partial charge in [0.05, 0.1) is 18.1 Å². The fourth-order valence-corrected chi connectivity index (χ4v) is 2.17. The van der Waals surface area contributed by atoms with Crippen molar-refractivity contribution in [3.05, 3.63) is 72.3 Å². The van der Waals surface area contributed by atoms with Crippen LogP contribution in [0.25, 0.3) is 0 Å². The number of benzene rings is 2. The first-order chi connectivity index (χ1) is 12.5. The summed E-state index contributed by atoms with van der Waals surface area (Å²) in [6.45, 7) is 0. The van der Waals surface area contributed by atoms with Gasteiger partial charge in [0, 0.05) is 25.3 Å². The number of ether oxygens (including phenoxy) is 1. The summed E-state index contributed by atoms with van der Waals surface area (Å²) in [5, 5.41) is 2.70. The second kappa shape index (κ2) is 7.60. The van der Waals surface area contributed by atoms with Gasteiger partial charge in [-0.25, -0.2) is 14.4 Å². The van der Waals surface area contributed by atoms with Crippen LogP contribution >= 0.6 is 0 Å². The lowest BCUT2D eigenvalue weighted by molar-refractivity contribution is 0.102. The van der Waals surface area contributed by atoms with Crippen molar-refractivity contribution in [2.45, 2.75) is 0 Å². The molecule has 0 fully saturated rings. The number of halogens is 1. The molecular formula is C19H17FN4O2. The molecule has 1 N–H and O–H groups in total. The second-order valence-corrected chi connectivity index (χ2v) is 5.68. The van der Waals surface area contributed by atoms with Gasteiger partial charge in [-0.2, -0.15) is 0 Å². The van der Waals surface area contributed by atoms with Gasteiger partial charge >= 0.3 is 6.01 Å². The number of para-hydroxylation sites is 1. The Labute approximate surface area is 150 Å². The van der Waals surface area contributed by atoms with Gasteiger partial charge in [-0.05, 0) is 36.4 Å². The monoisotopic (exact) mass is 352 g/mol.